The number of fused-ring (bicyclic) bond motifs is 2. The number of hydrogen-bond acceptors (Lipinski definition) is 6. The zero-order chi connectivity index (χ0) is 23.7. The molecule has 0 unspecified atom stereocenters. The molecule has 1 aliphatic carbocycles. The van der Waals surface area contributed by atoms with Crippen LogP contribution in [0.3, 0.4) is 0 Å². The third-order valence-corrected chi connectivity index (χ3v) is 6.96. The summed E-state index contributed by atoms with van der Waals surface area (Å²) in [6.07, 6.45) is 9.87. The molecule has 0 aromatic carbocycles. The van der Waals surface area contributed by atoms with Gasteiger partial charge in [0, 0.05) is 44.0 Å². The number of amides is 1. The summed E-state index contributed by atoms with van der Waals surface area (Å²) < 4.78 is 9.71. The van der Waals surface area contributed by atoms with E-state index in [1.165, 1.54) is 0 Å². The molecule has 1 fully saturated rings. The molecule has 0 radical (unpaired) electrons. The Labute approximate surface area is 200 Å². The van der Waals surface area contributed by atoms with Crippen molar-refractivity contribution in [1.82, 2.24) is 39.2 Å². The molecule has 1 atom stereocenters. The maximum absolute atomic E-state index is 14.1. The molecule has 10 heteroatoms. The number of carbonyl (C=O) groups is 1. The van der Waals surface area contributed by atoms with Gasteiger partial charge in [0.15, 0.2) is 0 Å². The number of H-pyrrole nitrogens is 1. The average Bonchev–Trinajstić information content (AvgIpc) is 3.26. The predicted octanol–water partition coefficient (Wildman–Crippen LogP) is 3.42. The van der Waals surface area contributed by atoms with Crippen LogP contribution in [0.1, 0.15) is 63.7 Å². The fourth-order valence-electron chi connectivity index (χ4n) is 5.01. The molecule has 1 saturated carbocycles. The number of aromatic amines is 1. The standard InChI is InChI=1S/C25H24N8O2/c1-14-4-3-8-33-19(14)10-18(30-33)22-21-17(26-13-27-21)7-9-32(22)25(34)23-20(15-5-6-15)29-24(35-23)16-11-28-31(2)12-16/h3-4,8,10-13,15,22H,5-7,9H2,1-2H3,(H,26,27)/t22-/m0/s1. The van der Waals surface area contributed by atoms with Gasteiger partial charge in [-0.2, -0.15) is 10.2 Å². The number of carbonyl (C=O) groups excluding carboxylic acids is 1. The summed E-state index contributed by atoms with van der Waals surface area (Å²) in [7, 11) is 1.84. The summed E-state index contributed by atoms with van der Waals surface area (Å²) in [5, 5.41) is 9.06. The Morgan fingerprint density at radius 1 is 1.26 bits per heavy atom. The summed E-state index contributed by atoms with van der Waals surface area (Å²) >= 11 is 0. The van der Waals surface area contributed by atoms with Gasteiger partial charge in [0.1, 0.15) is 6.04 Å². The normalized spacial score (nSPS) is 17.8. The Bertz CT molecular complexity index is 1580. The number of pyridine rings is 1. The average molecular weight is 469 g/mol. The van der Waals surface area contributed by atoms with E-state index in [2.05, 4.69) is 28.1 Å². The Hall–Kier alpha value is -4.21. The van der Waals surface area contributed by atoms with Crippen LogP contribution in [-0.4, -0.2) is 51.7 Å². The predicted molar refractivity (Wildman–Crippen MR) is 126 cm³/mol. The first-order valence-corrected chi connectivity index (χ1v) is 11.8. The summed E-state index contributed by atoms with van der Waals surface area (Å²) in [6, 6.07) is 5.66. The topological polar surface area (TPSA) is 110 Å². The lowest BCUT2D eigenvalue weighted by Crippen LogP contribution is -2.41. The van der Waals surface area contributed by atoms with E-state index in [9.17, 15) is 4.79 Å². The second-order valence-corrected chi connectivity index (χ2v) is 9.42. The second-order valence-electron chi connectivity index (χ2n) is 9.42. The molecule has 1 aliphatic heterocycles. The minimum Gasteiger partial charge on any atom is -0.430 e. The van der Waals surface area contributed by atoms with Gasteiger partial charge in [0.25, 0.3) is 5.91 Å². The van der Waals surface area contributed by atoms with Crippen LogP contribution < -0.4 is 0 Å². The first-order valence-electron chi connectivity index (χ1n) is 11.8. The quantitative estimate of drug-likeness (QED) is 0.433. The Morgan fingerprint density at radius 3 is 2.91 bits per heavy atom. The van der Waals surface area contributed by atoms with Gasteiger partial charge in [-0.3, -0.25) is 9.48 Å². The number of hydrogen-bond donors (Lipinski definition) is 1. The van der Waals surface area contributed by atoms with E-state index in [-0.39, 0.29) is 11.8 Å². The van der Waals surface area contributed by atoms with Crippen LogP contribution >= 0.6 is 0 Å². The van der Waals surface area contributed by atoms with Gasteiger partial charge in [0.2, 0.25) is 11.7 Å². The Kier molecular flexibility index (Phi) is 4.26. The zero-order valence-corrected chi connectivity index (χ0v) is 19.5. The SMILES string of the molecule is Cc1cccn2nc([C@H]3c4nc[nH]c4CCN3C(=O)c3oc(-c4cnn(C)c4)nc3C3CC3)cc12. The van der Waals surface area contributed by atoms with Crippen molar-refractivity contribution in [3.8, 4) is 11.5 Å². The lowest BCUT2D eigenvalue weighted by Gasteiger charge is -2.33. The molecule has 6 heterocycles. The molecule has 0 spiro atoms. The molecule has 2 aliphatic rings. The van der Waals surface area contributed by atoms with Crippen molar-refractivity contribution >= 4 is 11.4 Å². The van der Waals surface area contributed by atoms with Crippen LogP contribution in [0.2, 0.25) is 0 Å². The number of rotatable bonds is 4. The molecule has 0 saturated heterocycles. The van der Waals surface area contributed by atoms with Gasteiger partial charge in [-0.05, 0) is 37.5 Å². The highest BCUT2D eigenvalue weighted by Crippen LogP contribution is 2.44. The number of aryl methyl sites for hydroxylation is 2. The van der Waals surface area contributed by atoms with Crippen molar-refractivity contribution in [2.24, 2.45) is 7.05 Å². The highest BCUT2D eigenvalue weighted by Gasteiger charge is 2.41. The number of imidazole rings is 1. The van der Waals surface area contributed by atoms with Crippen LogP contribution in [0.25, 0.3) is 17.0 Å². The van der Waals surface area contributed by atoms with E-state index in [1.54, 1.807) is 17.2 Å². The van der Waals surface area contributed by atoms with Crippen LogP contribution in [0.4, 0.5) is 0 Å². The van der Waals surface area contributed by atoms with Crippen molar-refractivity contribution in [3.05, 3.63) is 77.2 Å². The molecule has 1 amide bonds. The molecular weight excluding hydrogens is 444 g/mol. The second kappa shape index (κ2) is 7.39. The minimum atomic E-state index is -0.421. The molecule has 0 bridgehead atoms. The first kappa shape index (κ1) is 20.2. The van der Waals surface area contributed by atoms with E-state index in [0.29, 0.717) is 24.6 Å². The highest BCUT2D eigenvalue weighted by atomic mass is 16.4. The smallest absolute Gasteiger partial charge is 0.292 e. The lowest BCUT2D eigenvalue weighted by atomic mass is 9.99. The summed E-state index contributed by atoms with van der Waals surface area (Å²) in [4.78, 5) is 28.5. The van der Waals surface area contributed by atoms with Crippen LogP contribution in [-0.2, 0) is 13.5 Å². The molecule has 5 aromatic heterocycles. The molecule has 7 rings (SSSR count). The third-order valence-electron chi connectivity index (χ3n) is 6.96. The van der Waals surface area contributed by atoms with Gasteiger partial charge in [-0.15, -0.1) is 0 Å². The van der Waals surface area contributed by atoms with Crippen LogP contribution in [0, 0.1) is 6.92 Å². The van der Waals surface area contributed by atoms with Gasteiger partial charge in [-0.25, -0.2) is 14.5 Å². The zero-order valence-electron chi connectivity index (χ0n) is 19.5. The van der Waals surface area contributed by atoms with E-state index >= 15 is 0 Å². The molecule has 10 nitrogen and oxygen atoms in total. The first-order chi connectivity index (χ1) is 17.1. The van der Waals surface area contributed by atoms with Gasteiger partial charge < -0.3 is 14.3 Å². The third kappa shape index (κ3) is 3.20. The molecule has 176 valence electrons. The fourth-order valence-corrected chi connectivity index (χ4v) is 5.01. The molecule has 5 aromatic rings. The maximum Gasteiger partial charge on any atom is 0.292 e. The molecule has 35 heavy (non-hydrogen) atoms. The number of oxazole rings is 1. The lowest BCUT2D eigenvalue weighted by molar-refractivity contribution is 0.0653. The molecular formula is C25H24N8O2. The van der Waals surface area contributed by atoms with Crippen molar-refractivity contribution in [1.29, 1.82) is 0 Å². The number of aromatic nitrogens is 7. The number of nitrogens with one attached hydrogen (secondary N) is 1. The summed E-state index contributed by atoms with van der Waals surface area (Å²) in [5.41, 5.74) is 6.26. The highest BCUT2D eigenvalue weighted by molar-refractivity contribution is 5.94. The van der Waals surface area contributed by atoms with Crippen LogP contribution in [0.5, 0.6) is 0 Å². The molecule has 1 N–H and O–H groups in total. The van der Waals surface area contributed by atoms with E-state index in [0.717, 1.165) is 52.3 Å². The van der Waals surface area contributed by atoms with E-state index in [4.69, 9.17) is 14.5 Å². The Morgan fingerprint density at radius 2 is 2.14 bits per heavy atom. The van der Waals surface area contributed by atoms with Crippen molar-refractivity contribution < 1.29 is 9.21 Å². The van der Waals surface area contributed by atoms with Gasteiger partial charge in [-0.1, -0.05) is 6.07 Å². The van der Waals surface area contributed by atoms with Crippen molar-refractivity contribution in [3.63, 3.8) is 0 Å². The van der Waals surface area contributed by atoms with Crippen molar-refractivity contribution in [2.75, 3.05) is 6.54 Å². The van der Waals surface area contributed by atoms with Gasteiger partial charge in [0.05, 0.1) is 40.7 Å². The number of nitrogens with zero attached hydrogens (tertiary/aromatic N) is 7. The largest absolute Gasteiger partial charge is 0.430 e. The van der Waals surface area contributed by atoms with Crippen LogP contribution in [0.15, 0.2) is 47.5 Å². The van der Waals surface area contributed by atoms with E-state index < -0.39 is 6.04 Å². The van der Waals surface area contributed by atoms with E-state index in [1.807, 2.05) is 41.0 Å². The maximum atomic E-state index is 14.1. The Balaban J connectivity index is 1.33. The van der Waals surface area contributed by atoms with Gasteiger partial charge >= 0.3 is 0 Å². The fraction of sp³-hybridized carbons (Fsp3) is 0.320. The summed E-state index contributed by atoms with van der Waals surface area (Å²) in [6.45, 7) is 2.58. The van der Waals surface area contributed by atoms with Crippen molar-refractivity contribution in [2.45, 2.75) is 38.1 Å². The summed E-state index contributed by atoms with van der Waals surface area (Å²) in [5.74, 6) is 0.822. The minimum absolute atomic E-state index is 0.179. The monoisotopic (exact) mass is 468 g/mol.